The van der Waals surface area contributed by atoms with Crippen LogP contribution in [0.4, 0.5) is 13.2 Å². The molecule has 0 radical (unpaired) electrons. The van der Waals surface area contributed by atoms with Crippen molar-refractivity contribution in [1.29, 1.82) is 0 Å². The van der Waals surface area contributed by atoms with E-state index in [1.54, 1.807) is 50.2 Å². The summed E-state index contributed by atoms with van der Waals surface area (Å²) in [6, 6.07) is 22.0. The SMILES string of the molecule is CC(c1ccccc1C(F)(F)F)N1CCNCC1.CC1=C(C(=O)O)C(c2ccccc2OCc2ccccc2)C([N+](=O)[O-])=C(C)N1. The van der Waals surface area contributed by atoms with E-state index in [0.717, 1.165) is 37.8 Å². The van der Waals surface area contributed by atoms with Crippen molar-refractivity contribution < 1.29 is 32.7 Å². The maximum absolute atomic E-state index is 12.9. The Morgan fingerprint density at radius 1 is 1.00 bits per heavy atom. The van der Waals surface area contributed by atoms with Crippen molar-refractivity contribution in [3.8, 4) is 5.75 Å². The van der Waals surface area contributed by atoms with Crippen molar-refractivity contribution in [3.05, 3.63) is 134 Å². The van der Waals surface area contributed by atoms with E-state index in [1.165, 1.54) is 6.07 Å². The van der Waals surface area contributed by atoms with Crippen LogP contribution in [0.1, 0.15) is 55.0 Å². The Kier molecular flexibility index (Phi) is 11.2. The minimum atomic E-state index is -4.28. The maximum atomic E-state index is 12.9. The van der Waals surface area contributed by atoms with Gasteiger partial charge in [0, 0.05) is 43.5 Å². The number of nitrogens with one attached hydrogen (secondary N) is 2. The van der Waals surface area contributed by atoms with Gasteiger partial charge in [0.15, 0.2) is 0 Å². The Labute approximate surface area is 265 Å². The van der Waals surface area contributed by atoms with E-state index >= 15 is 0 Å². The van der Waals surface area contributed by atoms with Crippen molar-refractivity contribution in [3.63, 3.8) is 0 Å². The predicted molar refractivity (Wildman–Crippen MR) is 167 cm³/mol. The minimum Gasteiger partial charge on any atom is -0.489 e. The highest BCUT2D eigenvalue weighted by Crippen LogP contribution is 2.42. The third kappa shape index (κ3) is 8.12. The van der Waals surface area contributed by atoms with Crippen LogP contribution in [-0.2, 0) is 17.6 Å². The van der Waals surface area contributed by atoms with E-state index in [-0.39, 0.29) is 23.9 Å². The van der Waals surface area contributed by atoms with Gasteiger partial charge in [0.1, 0.15) is 18.3 Å². The lowest BCUT2D eigenvalue weighted by molar-refractivity contribution is -0.431. The molecule has 2 unspecified atom stereocenters. The smallest absolute Gasteiger partial charge is 0.416 e. The Balaban J connectivity index is 0.000000230. The summed E-state index contributed by atoms with van der Waals surface area (Å²) in [5.41, 5.74) is 1.67. The number of allylic oxidation sites excluding steroid dienone is 3. The van der Waals surface area contributed by atoms with Crippen LogP contribution in [0.5, 0.6) is 5.75 Å². The number of carboxylic acid groups (broad SMARTS) is 1. The zero-order valence-corrected chi connectivity index (χ0v) is 25.8. The minimum absolute atomic E-state index is 0.0620. The summed E-state index contributed by atoms with van der Waals surface area (Å²) in [4.78, 5) is 25.2. The number of rotatable bonds is 8. The molecule has 0 bridgehead atoms. The summed E-state index contributed by atoms with van der Waals surface area (Å²) < 4.78 is 44.8. The number of carboxylic acids is 1. The number of para-hydroxylation sites is 1. The third-order valence-electron chi connectivity index (χ3n) is 8.04. The molecule has 3 aromatic carbocycles. The topological polar surface area (TPSA) is 117 Å². The molecule has 2 aliphatic heterocycles. The fraction of sp³-hybridized carbons (Fsp3) is 0.324. The van der Waals surface area contributed by atoms with Gasteiger partial charge in [0.05, 0.1) is 21.8 Å². The molecule has 2 heterocycles. The Hall–Kier alpha value is -4.68. The van der Waals surface area contributed by atoms with Gasteiger partial charge in [-0.15, -0.1) is 0 Å². The molecule has 12 heteroatoms. The van der Waals surface area contributed by atoms with E-state index < -0.39 is 28.6 Å². The number of ether oxygens (including phenoxy) is 1. The molecule has 2 atom stereocenters. The van der Waals surface area contributed by atoms with Gasteiger partial charge >= 0.3 is 12.1 Å². The molecule has 0 spiro atoms. The quantitative estimate of drug-likeness (QED) is 0.189. The molecule has 0 amide bonds. The van der Waals surface area contributed by atoms with Gasteiger partial charge in [0.2, 0.25) is 0 Å². The van der Waals surface area contributed by atoms with Gasteiger partial charge < -0.3 is 20.5 Å². The highest BCUT2D eigenvalue weighted by Gasteiger charge is 2.41. The van der Waals surface area contributed by atoms with Crippen molar-refractivity contribution in [1.82, 2.24) is 15.5 Å². The lowest BCUT2D eigenvalue weighted by Crippen LogP contribution is -2.44. The molecule has 2 aliphatic rings. The molecule has 1 saturated heterocycles. The van der Waals surface area contributed by atoms with Gasteiger partial charge in [-0.2, -0.15) is 13.2 Å². The van der Waals surface area contributed by atoms with Crippen molar-refractivity contribution in [2.24, 2.45) is 0 Å². The van der Waals surface area contributed by atoms with Gasteiger partial charge in [-0.1, -0.05) is 66.7 Å². The highest BCUT2D eigenvalue weighted by molar-refractivity contribution is 5.91. The van der Waals surface area contributed by atoms with E-state index in [9.17, 15) is 33.2 Å². The molecule has 3 aromatic rings. The lowest BCUT2D eigenvalue weighted by Gasteiger charge is -2.34. The Bertz CT molecular complexity index is 1570. The Morgan fingerprint density at radius 2 is 1.61 bits per heavy atom. The first-order chi connectivity index (χ1) is 21.9. The highest BCUT2D eigenvalue weighted by atomic mass is 19.4. The lowest BCUT2D eigenvalue weighted by atomic mass is 9.83. The summed E-state index contributed by atoms with van der Waals surface area (Å²) in [7, 11) is 0. The van der Waals surface area contributed by atoms with E-state index in [2.05, 4.69) is 15.5 Å². The zero-order chi connectivity index (χ0) is 33.4. The van der Waals surface area contributed by atoms with Gasteiger partial charge in [-0.25, -0.2) is 4.79 Å². The van der Waals surface area contributed by atoms with Crippen LogP contribution in [0.15, 0.2) is 102 Å². The van der Waals surface area contributed by atoms with Crippen LogP contribution < -0.4 is 15.4 Å². The standard InChI is InChI=1S/C21H20N2O5.C13H17F3N2/c1-13-18(21(24)25)19(20(23(26)27)14(2)22-13)16-10-6-7-11-17(16)28-12-15-8-4-3-5-9-15;1-10(18-8-6-17-7-9-18)11-4-2-3-5-12(11)13(14,15)16/h3-11,19,22H,12H2,1-2H3,(H,24,25);2-5,10,17H,6-9H2,1H3. The van der Waals surface area contributed by atoms with E-state index in [0.29, 0.717) is 28.3 Å². The molecule has 9 nitrogen and oxygen atoms in total. The largest absolute Gasteiger partial charge is 0.489 e. The number of hydrogen-bond acceptors (Lipinski definition) is 7. The molecule has 1 fully saturated rings. The number of aliphatic carboxylic acids is 1. The van der Waals surface area contributed by atoms with Crippen molar-refractivity contribution in [2.75, 3.05) is 26.2 Å². The second-order valence-corrected chi connectivity index (χ2v) is 11.0. The second-order valence-electron chi connectivity index (χ2n) is 11.0. The number of benzene rings is 3. The zero-order valence-electron chi connectivity index (χ0n) is 25.8. The van der Waals surface area contributed by atoms with Crippen LogP contribution >= 0.6 is 0 Å². The van der Waals surface area contributed by atoms with Gasteiger partial charge in [-0.3, -0.25) is 15.0 Å². The average molecular weight is 639 g/mol. The molecular weight excluding hydrogens is 601 g/mol. The number of carbonyl (C=O) groups is 1. The molecule has 46 heavy (non-hydrogen) atoms. The first-order valence-corrected chi connectivity index (χ1v) is 14.8. The number of nitro groups is 1. The Morgan fingerprint density at radius 3 is 2.24 bits per heavy atom. The number of piperazine rings is 1. The molecule has 0 aromatic heterocycles. The van der Waals surface area contributed by atoms with Crippen LogP contribution in [0.2, 0.25) is 0 Å². The monoisotopic (exact) mass is 638 g/mol. The molecular formula is C34H37F3N4O5. The van der Waals surface area contributed by atoms with Crippen LogP contribution in [0.3, 0.4) is 0 Å². The van der Waals surface area contributed by atoms with E-state index in [1.807, 2.05) is 37.3 Å². The molecule has 3 N–H and O–H groups in total. The van der Waals surface area contributed by atoms with Gasteiger partial charge in [0.25, 0.3) is 5.70 Å². The summed E-state index contributed by atoms with van der Waals surface area (Å²) in [6.07, 6.45) is -4.28. The molecule has 244 valence electrons. The van der Waals surface area contributed by atoms with Crippen molar-refractivity contribution in [2.45, 2.75) is 45.5 Å². The third-order valence-corrected chi connectivity index (χ3v) is 8.04. The summed E-state index contributed by atoms with van der Waals surface area (Å²) >= 11 is 0. The summed E-state index contributed by atoms with van der Waals surface area (Å²) in [5, 5.41) is 27.5. The average Bonchev–Trinajstić information content (AvgIpc) is 3.03. The fourth-order valence-corrected chi connectivity index (χ4v) is 5.78. The normalized spacial score (nSPS) is 17.8. The van der Waals surface area contributed by atoms with Crippen LogP contribution in [-0.4, -0.2) is 47.1 Å². The maximum Gasteiger partial charge on any atom is 0.416 e. The number of halogens is 3. The molecule has 0 aliphatic carbocycles. The predicted octanol–water partition coefficient (Wildman–Crippen LogP) is 6.49. The fourth-order valence-electron chi connectivity index (χ4n) is 5.78. The summed E-state index contributed by atoms with van der Waals surface area (Å²) in [6.45, 7) is 8.52. The van der Waals surface area contributed by atoms with Gasteiger partial charge in [-0.05, 0) is 44.0 Å². The van der Waals surface area contributed by atoms with Crippen LogP contribution in [0, 0.1) is 10.1 Å². The van der Waals surface area contributed by atoms with E-state index in [4.69, 9.17) is 4.74 Å². The van der Waals surface area contributed by atoms with Crippen molar-refractivity contribution >= 4 is 5.97 Å². The number of nitrogens with zero attached hydrogens (tertiary/aromatic N) is 2. The molecule has 5 rings (SSSR count). The molecule has 0 saturated carbocycles. The van der Waals surface area contributed by atoms with Crippen LogP contribution in [0.25, 0.3) is 0 Å². The number of hydrogen-bond donors (Lipinski definition) is 3. The number of dihydropyridines is 1. The second kappa shape index (κ2) is 15.1. The summed E-state index contributed by atoms with van der Waals surface area (Å²) in [5.74, 6) is -1.84. The first-order valence-electron chi connectivity index (χ1n) is 14.8. The first kappa shape index (κ1) is 34.2. The number of alkyl halides is 3.